The van der Waals surface area contributed by atoms with Crippen molar-refractivity contribution in [2.75, 3.05) is 0 Å². The molecule has 172 valence electrons. The van der Waals surface area contributed by atoms with Gasteiger partial charge in [-0.3, -0.25) is 0 Å². The molecule has 0 aromatic heterocycles. The average molecular weight is 458 g/mol. The summed E-state index contributed by atoms with van der Waals surface area (Å²) in [6.07, 6.45) is 3.72. The molecule has 0 amide bonds. The first-order valence-electron chi connectivity index (χ1n) is 12.3. The zero-order valence-electron chi connectivity index (χ0n) is 21.6. The van der Waals surface area contributed by atoms with Gasteiger partial charge in [-0.1, -0.05) is 83.0 Å². The highest BCUT2D eigenvalue weighted by Crippen LogP contribution is 2.65. The normalized spacial score (nSPS) is 33.3. The van der Waals surface area contributed by atoms with E-state index >= 15 is 0 Å². The molecule has 1 aliphatic heterocycles. The Morgan fingerprint density at radius 2 is 1.58 bits per heavy atom. The second kappa shape index (κ2) is 7.56. The zero-order valence-corrected chi connectivity index (χ0v) is 23.6. The van der Waals surface area contributed by atoms with Crippen LogP contribution in [0.5, 0.6) is 0 Å². The van der Waals surface area contributed by atoms with Crippen LogP contribution in [0.4, 0.5) is 0 Å². The maximum absolute atomic E-state index is 7.05. The lowest BCUT2D eigenvalue weighted by Gasteiger charge is -2.64. The van der Waals surface area contributed by atoms with Gasteiger partial charge in [-0.05, 0) is 55.9 Å². The maximum atomic E-state index is 7.05. The van der Waals surface area contributed by atoms with Gasteiger partial charge in [0, 0.05) is 5.94 Å². The standard InChI is InChI=1S/C25H44BNO2Si2/c1-18-11-13-19(14-12-18)15-23(27(30(5,6)7)31(8,9)10)26-28-22-17-20-16-21(24(20,2)3)25(22,4)29-26/h11-14,20-23H,15-17H2,1-10H3/t20-,21-,22+,23-,25-/m0/s1. The molecule has 1 heterocycles. The minimum absolute atomic E-state index is 0.134. The van der Waals surface area contributed by atoms with Crippen LogP contribution in [-0.4, -0.2) is 45.5 Å². The highest BCUT2D eigenvalue weighted by atomic mass is 28.4. The summed E-state index contributed by atoms with van der Waals surface area (Å²) in [7, 11) is -3.32. The van der Waals surface area contributed by atoms with Gasteiger partial charge in [0.15, 0.2) is 0 Å². The molecule has 0 unspecified atom stereocenters. The van der Waals surface area contributed by atoms with Crippen molar-refractivity contribution >= 4 is 23.6 Å². The first kappa shape index (κ1) is 23.7. The summed E-state index contributed by atoms with van der Waals surface area (Å²) in [5, 5.41) is 0. The van der Waals surface area contributed by atoms with Crippen molar-refractivity contribution in [1.29, 1.82) is 0 Å². The van der Waals surface area contributed by atoms with Crippen molar-refractivity contribution in [2.45, 2.75) is 104 Å². The van der Waals surface area contributed by atoms with Gasteiger partial charge in [0.05, 0.1) is 11.7 Å². The summed E-state index contributed by atoms with van der Waals surface area (Å²) in [4.78, 5) is 0. The Morgan fingerprint density at radius 1 is 1.00 bits per heavy atom. The number of aryl methyl sites for hydroxylation is 1. The smallest absolute Gasteiger partial charge is 0.404 e. The molecule has 0 spiro atoms. The molecule has 1 saturated heterocycles. The fourth-order valence-corrected chi connectivity index (χ4v) is 17.8. The van der Waals surface area contributed by atoms with E-state index in [1.165, 1.54) is 17.5 Å². The largest absolute Gasteiger partial charge is 0.475 e. The van der Waals surface area contributed by atoms with E-state index in [9.17, 15) is 0 Å². The Morgan fingerprint density at radius 3 is 2.10 bits per heavy atom. The number of nitrogens with zero attached hydrogens (tertiary/aromatic N) is 1. The lowest BCUT2D eigenvalue weighted by molar-refractivity contribution is -0.199. The molecule has 5 atom stereocenters. The molecule has 3 aliphatic carbocycles. The Balaban J connectivity index is 1.68. The van der Waals surface area contributed by atoms with Crippen LogP contribution in [0.3, 0.4) is 0 Å². The fourth-order valence-electron chi connectivity index (χ4n) is 7.34. The van der Waals surface area contributed by atoms with Crippen LogP contribution in [-0.2, 0) is 15.7 Å². The van der Waals surface area contributed by atoms with Crippen LogP contribution in [0.15, 0.2) is 24.3 Å². The molecule has 0 N–H and O–H groups in total. The quantitative estimate of drug-likeness (QED) is 0.479. The summed E-state index contributed by atoms with van der Waals surface area (Å²) in [6, 6.07) is 9.10. The van der Waals surface area contributed by atoms with Crippen LogP contribution in [0.25, 0.3) is 0 Å². The van der Waals surface area contributed by atoms with Gasteiger partial charge >= 0.3 is 7.12 Å². The number of benzene rings is 1. The summed E-state index contributed by atoms with van der Waals surface area (Å²) in [5.41, 5.74) is 2.96. The molecule has 5 rings (SSSR count). The Kier molecular flexibility index (Phi) is 5.79. The Hall–Kier alpha value is -0.401. The monoisotopic (exact) mass is 457 g/mol. The molecule has 1 aromatic rings. The van der Waals surface area contributed by atoms with Gasteiger partial charge in [0.2, 0.25) is 0 Å². The second-order valence-corrected chi connectivity index (χ2v) is 23.4. The highest BCUT2D eigenvalue weighted by Gasteiger charge is 2.69. The summed E-state index contributed by atoms with van der Waals surface area (Å²) >= 11 is 0. The SMILES string of the molecule is Cc1ccc(C[C@@H](B2O[C@@H]3C[C@@H]4C[C@@H](C4(C)C)[C@]3(C)O2)N([Si](C)(C)C)[Si](C)(C)C)cc1. The third-order valence-electron chi connectivity index (χ3n) is 8.63. The number of rotatable bonds is 6. The molecule has 3 nitrogen and oxygen atoms in total. The van der Waals surface area contributed by atoms with E-state index in [2.05, 4.69) is 95.5 Å². The fraction of sp³-hybridized carbons (Fsp3) is 0.760. The second-order valence-electron chi connectivity index (χ2n) is 13.3. The Labute approximate surface area is 193 Å². The van der Waals surface area contributed by atoms with E-state index in [4.69, 9.17) is 9.31 Å². The van der Waals surface area contributed by atoms with Crippen molar-refractivity contribution in [3.63, 3.8) is 0 Å². The molecular formula is C25H44BNO2Si2. The van der Waals surface area contributed by atoms with Crippen molar-refractivity contribution < 1.29 is 9.31 Å². The van der Waals surface area contributed by atoms with Crippen LogP contribution in [0, 0.1) is 24.2 Å². The van der Waals surface area contributed by atoms with Crippen molar-refractivity contribution in [2.24, 2.45) is 17.3 Å². The van der Waals surface area contributed by atoms with E-state index in [1.54, 1.807) is 0 Å². The van der Waals surface area contributed by atoms with Crippen molar-refractivity contribution in [1.82, 2.24) is 4.23 Å². The molecule has 6 heteroatoms. The summed E-state index contributed by atoms with van der Waals surface area (Å²) in [5.74, 6) is 1.68. The van der Waals surface area contributed by atoms with E-state index in [0.717, 1.165) is 18.8 Å². The lowest BCUT2D eigenvalue weighted by Crippen LogP contribution is -2.68. The minimum Gasteiger partial charge on any atom is -0.404 e. The maximum Gasteiger partial charge on any atom is 0.475 e. The van der Waals surface area contributed by atoms with Gasteiger partial charge in [0.25, 0.3) is 0 Å². The highest BCUT2D eigenvalue weighted by molar-refractivity contribution is 6.90. The summed E-state index contributed by atoms with van der Waals surface area (Å²) in [6.45, 7) is 24.4. The first-order chi connectivity index (χ1) is 14.1. The Bertz CT molecular complexity index is 802. The molecule has 31 heavy (non-hydrogen) atoms. The van der Waals surface area contributed by atoms with Gasteiger partial charge in [-0.15, -0.1) is 0 Å². The third kappa shape index (κ3) is 4.05. The predicted molar refractivity (Wildman–Crippen MR) is 137 cm³/mol. The molecule has 3 saturated carbocycles. The topological polar surface area (TPSA) is 21.7 Å². The lowest BCUT2D eigenvalue weighted by atomic mass is 9.43. The van der Waals surface area contributed by atoms with E-state index in [1.807, 2.05) is 0 Å². The van der Waals surface area contributed by atoms with Crippen molar-refractivity contribution in [3.8, 4) is 0 Å². The van der Waals surface area contributed by atoms with Crippen LogP contribution in [0.2, 0.25) is 39.3 Å². The van der Waals surface area contributed by atoms with Crippen LogP contribution in [0.1, 0.15) is 44.7 Å². The van der Waals surface area contributed by atoms with E-state index in [-0.39, 0.29) is 24.8 Å². The third-order valence-corrected chi connectivity index (χ3v) is 16.2. The minimum atomic E-state index is -1.59. The summed E-state index contributed by atoms with van der Waals surface area (Å²) < 4.78 is 16.8. The van der Waals surface area contributed by atoms with E-state index < -0.39 is 16.5 Å². The van der Waals surface area contributed by atoms with Crippen molar-refractivity contribution in [3.05, 3.63) is 35.4 Å². The van der Waals surface area contributed by atoms with Crippen LogP contribution < -0.4 is 0 Å². The van der Waals surface area contributed by atoms with Gasteiger partial charge in [-0.25, -0.2) is 0 Å². The molecule has 1 aromatic carbocycles. The molecule has 4 fully saturated rings. The van der Waals surface area contributed by atoms with Gasteiger partial charge in [-0.2, -0.15) is 0 Å². The van der Waals surface area contributed by atoms with E-state index in [0.29, 0.717) is 11.3 Å². The predicted octanol–water partition coefficient (Wildman–Crippen LogP) is 6.15. The number of hydrogen-bond donors (Lipinski definition) is 0. The molecule has 4 aliphatic rings. The van der Waals surface area contributed by atoms with Crippen LogP contribution >= 0.6 is 0 Å². The van der Waals surface area contributed by atoms with Gasteiger partial charge in [0.1, 0.15) is 16.5 Å². The van der Waals surface area contributed by atoms with Gasteiger partial charge < -0.3 is 13.5 Å². The zero-order chi connectivity index (χ0) is 23.0. The average Bonchev–Trinajstić information content (AvgIpc) is 2.97. The molecule has 0 radical (unpaired) electrons. The first-order valence-corrected chi connectivity index (χ1v) is 19.2. The number of hydrogen-bond acceptors (Lipinski definition) is 3. The molecular weight excluding hydrogens is 413 g/mol. The molecule has 2 bridgehead atoms.